The molecule has 0 radical (unpaired) electrons. The average Bonchev–Trinajstić information content (AvgIpc) is 2.68. The van der Waals surface area contributed by atoms with Gasteiger partial charge in [-0.25, -0.2) is 9.59 Å². The smallest absolute Gasteiger partial charge is 0.337 e. The van der Waals surface area contributed by atoms with E-state index >= 15 is 0 Å². The first-order valence-electron chi connectivity index (χ1n) is 10.9. The lowest BCUT2D eigenvalue weighted by molar-refractivity contribution is -0.182. The van der Waals surface area contributed by atoms with Gasteiger partial charge in [0.05, 0.1) is 10.8 Å². The predicted octanol–water partition coefficient (Wildman–Crippen LogP) is 3.69. The molecule has 0 aromatic carbocycles. The van der Waals surface area contributed by atoms with E-state index in [2.05, 4.69) is 0 Å². The van der Waals surface area contributed by atoms with Crippen molar-refractivity contribution in [3.8, 4) is 0 Å². The van der Waals surface area contributed by atoms with E-state index in [1.54, 1.807) is 62.3 Å². The zero-order chi connectivity index (χ0) is 24.5. The Morgan fingerprint density at radius 2 is 0.903 bits per heavy atom. The van der Waals surface area contributed by atoms with Crippen LogP contribution >= 0.6 is 0 Å². The molecule has 8 heteroatoms. The standard InChI is InChI=1S/C23H42O8/c1-11-20(4,5)17(24)27-14-23(10,15-28-18(25)21(6,7)30-12-2)16-29-19(26)22(8,9)31-13-3/h11-16H2,1-10H3. The fourth-order valence-corrected chi connectivity index (χ4v) is 2.37. The first-order chi connectivity index (χ1) is 14.1. The first-order valence-corrected chi connectivity index (χ1v) is 10.9. The molecule has 0 spiro atoms. The Kier molecular flexibility index (Phi) is 11.2. The highest BCUT2D eigenvalue weighted by Gasteiger charge is 2.38. The van der Waals surface area contributed by atoms with Gasteiger partial charge in [0.1, 0.15) is 19.8 Å². The highest BCUT2D eigenvalue weighted by molar-refractivity contribution is 5.79. The van der Waals surface area contributed by atoms with Gasteiger partial charge in [0.15, 0.2) is 11.2 Å². The topological polar surface area (TPSA) is 97.4 Å². The van der Waals surface area contributed by atoms with Crippen molar-refractivity contribution < 1.29 is 38.1 Å². The van der Waals surface area contributed by atoms with Crippen molar-refractivity contribution in [1.29, 1.82) is 0 Å². The van der Waals surface area contributed by atoms with Crippen molar-refractivity contribution in [3.63, 3.8) is 0 Å². The Labute approximate surface area is 187 Å². The van der Waals surface area contributed by atoms with Crippen LogP contribution in [0.5, 0.6) is 0 Å². The van der Waals surface area contributed by atoms with Gasteiger partial charge in [0.25, 0.3) is 0 Å². The summed E-state index contributed by atoms with van der Waals surface area (Å²) in [7, 11) is 0. The Balaban J connectivity index is 5.34. The Morgan fingerprint density at radius 3 is 1.19 bits per heavy atom. The number of hydrogen-bond acceptors (Lipinski definition) is 8. The number of carbonyl (C=O) groups excluding carboxylic acids is 3. The lowest BCUT2D eigenvalue weighted by Crippen LogP contribution is -2.44. The summed E-state index contributed by atoms with van der Waals surface area (Å²) in [5, 5.41) is 0. The zero-order valence-electron chi connectivity index (χ0n) is 21.0. The molecule has 0 fully saturated rings. The number of hydrogen-bond donors (Lipinski definition) is 0. The van der Waals surface area contributed by atoms with Crippen LogP contribution in [0, 0.1) is 10.8 Å². The highest BCUT2D eigenvalue weighted by Crippen LogP contribution is 2.26. The van der Waals surface area contributed by atoms with Crippen LogP contribution in [0.25, 0.3) is 0 Å². The van der Waals surface area contributed by atoms with E-state index in [9.17, 15) is 14.4 Å². The van der Waals surface area contributed by atoms with Crippen LogP contribution in [0.1, 0.15) is 75.7 Å². The zero-order valence-corrected chi connectivity index (χ0v) is 21.0. The minimum Gasteiger partial charge on any atom is -0.464 e. The second-order valence-corrected chi connectivity index (χ2v) is 9.66. The molecule has 0 heterocycles. The molecule has 0 aromatic heterocycles. The molecule has 0 N–H and O–H groups in total. The molecule has 0 atom stereocenters. The van der Waals surface area contributed by atoms with E-state index in [-0.39, 0.29) is 25.8 Å². The quantitative estimate of drug-likeness (QED) is 0.294. The van der Waals surface area contributed by atoms with Crippen molar-refractivity contribution in [2.75, 3.05) is 33.0 Å². The summed E-state index contributed by atoms with van der Waals surface area (Å²) in [4.78, 5) is 37.3. The molecule has 0 bridgehead atoms. The van der Waals surface area contributed by atoms with Gasteiger partial charge in [-0.1, -0.05) is 6.92 Å². The lowest BCUT2D eigenvalue weighted by Gasteiger charge is -2.32. The second kappa shape index (κ2) is 11.8. The van der Waals surface area contributed by atoms with E-state index < -0.39 is 34.0 Å². The van der Waals surface area contributed by atoms with Crippen molar-refractivity contribution >= 4 is 17.9 Å². The van der Waals surface area contributed by atoms with Gasteiger partial charge >= 0.3 is 17.9 Å². The summed E-state index contributed by atoms with van der Waals surface area (Å²) in [6.45, 7) is 17.6. The summed E-state index contributed by atoms with van der Waals surface area (Å²) >= 11 is 0. The highest BCUT2D eigenvalue weighted by atomic mass is 16.6. The minimum atomic E-state index is -1.12. The molecule has 31 heavy (non-hydrogen) atoms. The van der Waals surface area contributed by atoms with Gasteiger partial charge in [-0.3, -0.25) is 4.79 Å². The summed E-state index contributed by atoms with van der Waals surface area (Å²) in [5.41, 5.74) is -3.84. The average molecular weight is 447 g/mol. The van der Waals surface area contributed by atoms with Crippen LogP contribution in [0.2, 0.25) is 0 Å². The summed E-state index contributed by atoms with van der Waals surface area (Å²) in [6.07, 6.45) is 0.609. The maximum Gasteiger partial charge on any atom is 0.337 e. The van der Waals surface area contributed by atoms with Crippen LogP contribution < -0.4 is 0 Å². The molecule has 0 saturated carbocycles. The van der Waals surface area contributed by atoms with Crippen molar-refractivity contribution in [3.05, 3.63) is 0 Å². The van der Waals surface area contributed by atoms with Crippen LogP contribution in [-0.4, -0.2) is 62.1 Å². The summed E-state index contributed by atoms with van der Waals surface area (Å²) in [5.74, 6) is -1.48. The molecule has 0 rings (SSSR count). The monoisotopic (exact) mass is 446 g/mol. The van der Waals surface area contributed by atoms with Crippen molar-refractivity contribution in [2.24, 2.45) is 10.8 Å². The number of ether oxygens (including phenoxy) is 5. The molecule has 8 nitrogen and oxygen atoms in total. The molecular formula is C23H42O8. The van der Waals surface area contributed by atoms with Crippen molar-refractivity contribution in [2.45, 2.75) is 86.9 Å². The van der Waals surface area contributed by atoms with Crippen LogP contribution in [0.15, 0.2) is 0 Å². The molecule has 0 aliphatic rings. The van der Waals surface area contributed by atoms with Crippen LogP contribution in [-0.2, 0) is 38.1 Å². The Bertz CT molecular complexity index is 573. The molecule has 0 amide bonds. The second-order valence-electron chi connectivity index (χ2n) is 9.66. The van der Waals surface area contributed by atoms with E-state index in [1.807, 2.05) is 6.92 Å². The van der Waals surface area contributed by atoms with E-state index in [0.717, 1.165) is 0 Å². The summed E-state index contributed by atoms with van der Waals surface area (Å²) < 4.78 is 27.3. The number of carbonyl (C=O) groups is 3. The largest absolute Gasteiger partial charge is 0.464 e. The van der Waals surface area contributed by atoms with Crippen LogP contribution in [0.3, 0.4) is 0 Å². The number of rotatable bonds is 14. The SMILES string of the molecule is CCOC(C)(C)C(=O)OCC(C)(COC(=O)C(C)(C)CC)COC(=O)C(C)(C)OCC. The van der Waals surface area contributed by atoms with Gasteiger partial charge in [-0.15, -0.1) is 0 Å². The number of esters is 3. The molecule has 0 unspecified atom stereocenters. The fraction of sp³-hybridized carbons (Fsp3) is 0.870. The maximum atomic E-state index is 12.4. The molecule has 0 aliphatic carbocycles. The molecule has 182 valence electrons. The molecule has 0 aromatic rings. The maximum absolute atomic E-state index is 12.4. The fourth-order valence-electron chi connectivity index (χ4n) is 2.37. The Morgan fingerprint density at radius 1 is 0.581 bits per heavy atom. The third kappa shape index (κ3) is 9.56. The third-order valence-electron chi connectivity index (χ3n) is 5.09. The molecule has 0 saturated heterocycles. The predicted molar refractivity (Wildman–Crippen MR) is 116 cm³/mol. The lowest BCUT2D eigenvalue weighted by atomic mass is 9.90. The van der Waals surface area contributed by atoms with E-state index in [1.165, 1.54) is 0 Å². The van der Waals surface area contributed by atoms with Gasteiger partial charge < -0.3 is 23.7 Å². The van der Waals surface area contributed by atoms with E-state index in [0.29, 0.717) is 19.6 Å². The third-order valence-corrected chi connectivity index (χ3v) is 5.09. The normalized spacial score (nSPS) is 13.0. The molecule has 0 aliphatic heterocycles. The van der Waals surface area contributed by atoms with Gasteiger partial charge in [-0.05, 0) is 68.7 Å². The minimum absolute atomic E-state index is 0.0834. The van der Waals surface area contributed by atoms with Gasteiger partial charge in [0.2, 0.25) is 0 Å². The van der Waals surface area contributed by atoms with Crippen molar-refractivity contribution in [1.82, 2.24) is 0 Å². The summed E-state index contributed by atoms with van der Waals surface area (Å²) in [6, 6.07) is 0. The van der Waals surface area contributed by atoms with Gasteiger partial charge in [0, 0.05) is 13.2 Å². The van der Waals surface area contributed by atoms with Crippen LogP contribution in [0.4, 0.5) is 0 Å². The van der Waals surface area contributed by atoms with E-state index in [4.69, 9.17) is 23.7 Å². The molecular weight excluding hydrogens is 404 g/mol. The van der Waals surface area contributed by atoms with Gasteiger partial charge in [-0.2, -0.15) is 0 Å². The Hall–Kier alpha value is -1.67. The first kappa shape index (κ1) is 29.3.